The van der Waals surface area contributed by atoms with Crippen LogP contribution < -0.4 is 5.32 Å². The Bertz CT molecular complexity index is 1260. The molecular formula is C25H27N5O3S. The highest BCUT2D eigenvalue weighted by molar-refractivity contribution is 7.99. The first-order chi connectivity index (χ1) is 16.4. The second-order valence-electron chi connectivity index (χ2n) is 8.17. The molecule has 1 aliphatic heterocycles. The van der Waals surface area contributed by atoms with Crippen molar-refractivity contribution in [3.05, 3.63) is 71.6 Å². The van der Waals surface area contributed by atoms with Gasteiger partial charge in [-0.2, -0.15) is 0 Å². The molecule has 4 rings (SSSR count). The molecule has 0 radical (unpaired) electrons. The van der Waals surface area contributed by atoms with Gasteiger partial charge in [-0.25, -0.2) is 4.98 Å². The summed E-state index contributed by atoms with van der Waals surface area (Å²) in [6.45, 7) is 1.92. The number of nitrogens with zero attached hydrogens (tertiary/aromatic N) is 3. The number of rotatable bonds is 7. The first-order valence-corrected chi connectivity index (χ1v) is 12.0. The monoisotopic (exact) mass is 477 g/mol. The number of amides is 2. The van der Waals surface area contributed by atoms with E-state index in [0.29, 0.717) is 24.9 Å². The minimum atomic E-state index is -0.647. The van der Waals surface area contributed by atoms with Crippen LogP contribution in [0.25, 0.3) is 11.0 Å². The van der Waals surface area contributed by atoms with Crippen LogP contribution in [0.15, 0.2) is 71.2 Å². The number of hydrogen-bond acceptors (Lipinski definition) is 6. The van der Waals surface area contributed by atoms with Crippen LogP contribution in [0.5, 0.6) is 0 Å². The van der Waals surface area contributed by atoms with E-state index in [-0.39, 0.29) is 28.8 Å². The maximum atomic E-state index is 13.1. The number of para-hydroxylation sites is 2. The molecule has 2 heterocycles. The lowest BCUT2D eigenvalue weighted by Gasteiger charge is -2.24. The highest BCUT2D eigenvalue weighted by Gasteiger charge is 2.35. The fourth-order valence-corrected chi connectivity index (χ4v) is 4.96. The van der Waals surface area contributed by atoms with E-state index in [9.17, 15) is 14.7 Å². The van der Waals surface area contributed by atoms with Gasteiger partial charge in [-0.15, -0.1) is 0 Å². The molecule has 9 heteroatoms. The van der Waals surface area contributed by atoms with Crippen LogP contribution in [-0.4, -0.2) is 55.4 Å². The van der Waals surface area contributed by atoms with Crippen molar-refractivity contribution in [1.82, 2.24) is 19.8 Å². The maximum Gasteiger partial charge on any atom is 0.247 e. The van der Waals surface area contributed by atoms with Crippen LogP contribution >= 0.6 is 11.8 Å². The summed E-state index contributed by atoms with van der Waals surface area (Å²) in [4.78, 5) is 32.3. The van der Waals surface area contributed by atoms with Crippen LogP contribution in [-0.2, 0) is 16.6 Å². The summed E-state index contributed by atoms with van der Waals surface area (Å²) in [5.41, 5.74) is 2.50. The van der Waals surface area contributed by atoms with Gasteiger partial charge in [-0.3, -0.25) is 15.0 Å². The van der Waals surface area contributed by atoms with E-state index >= 15 is 0 Å². The third-order valence-electron chi connectivity index (χ3n) is 5.87. The lowest BCUT2D eigenvalue weighted by molar-refractivity contribution is -0.136. The number of likely N-dealkylation sites (tertiary alicyclic amines) is 1. The number of fused-ring (bicyclic) bond motifs is 1. The Balaban J connectivity index is 1.43. The molecule has 1 aliphatic rings. The fraction of sp³-hybridized carbons (Fsp3) is 0.280. The van der Waals surface area contributed by atoms with E-state index in [1.165, 1.54) is 18.7 Å². The molecule has 176 valence electrons. The van der Waals surface area contributed by atoms with Gasteiger partial charge >= 0.3 is 0 Å². The molecule has 0 aliphatic carbocycles. The van der Waals surface area contributed by atoms with Crippen molar-refractivity contribution in [2.24, 2.45) is 7.05 Å². The predicted molar refractivity (Wildman–Crippen MR) is 133 cm³/mol. The Morgan fingerprint density at radius 2 is 1.88 bits per heavy atom. The maximum absolute atomic E-state index is 13.1. The summed E-state index contributed by atoms with van der Waals surface area (Å²) in [6, 6.07) is 16.0. The first-order valence-electron chi connectivity index (χ1n) is 11.1. The summed E-state index contributed by atoms with van der Waals surface area (Å²) < 4.78 is 1.96. The molecule has 0 spiro atoms. The van der Waals surface area contributed by atoms with Crippen LogP contribution in [0.4, 0.5) is 0 Å². The van der Waals surface area contributed by atoms with E-state index in [1.54, 1.807) is 29.2 Å². The van der Waals surface area contributed by atoms with Crippen LogP contribution in [0, 0.1) is 5.41 Å². The first kappa shape index (κ1) is 23.6. The molecule has 1 atom stereocenters. The quantitative estimate of drug-likeness (QED) is 0.273. The van der Waals surface area contributed by atoms with E-state index in [4.69, 9.17) is 5.41 Å². The third kappa shape index (κ3) is 4.84. The molecule has 0 bridgehead atoms. The number of carbonyl (C=O) groups is 2. The van der Waals surface area contributed by atoms with Crippen molar-refractivity contribution in [3.63, 3.8) is 0 Å². The molecule has 1 saturated heterocycles. The van der Waals surface area contributed by atoms with Gasteiger partial charge in [0.15, 0.2) is 5.16 Å². The average Bonchev–Trinajstić information content (AvgIpc) is 3.46. The summed E-state index contributed by atoms with van der Waals surface area (Å²) in [7, 11) is 1.92. The Hall–Kier alpha value is -3.59. The second kappa shape index (κ2) is 10.1. The number of aliphatic hydroxyl groups is 1. The Kier molecular flexibility index (Phi) is 7.02. The SMILES string of the molecule is C/C(O)=C(\NC(=O)[C@@H]1CCCN1C(=O)CSc1nc2ccccc2n1C)C(=N)c1ccccc1. The number of thioether (sulfide) groups is 1. The highest BCUT2D eigenvalue weighted by atomic mass is 32.2. The van der Waals surface area contributed by atoms with Crippen molar-refractivity contribution in [3.8, 4) is 0 Å². The molecule has 0 saturated carbocycles. The van der Waals surface area contributed by atoms with Crippen LogP contribution in [0.1, 0.15) is 25.3 Å². The zero-order valence-corrected chi connectivity index (χ0v) is 19.9. The predicted octanol–water partition coefficient (Wildman–Crippen LogP) is 3.63. The van der Waals surface area contributed by atoms with Gasteiger partial charge in [-0.05, 0) is 31.9 Å². The summed E-state index contributed by atoms with van der Waals surface area (Å²) >= 11 is 1.35. The van der Waals surface area contributed by atoms with E-state index in [1.807, 2.05) is 41.9 Å². The largest absolute Gasteiger partial charge is 0.510 e. The van der Waals surface area contributed by atoms with Crippen LogP contribution in [0.3, 0.4) is 0 Å². The van der Waals surface area contributed by atoms with E-state index in [0.717, 1.165) is 16.2 Å². The Labute approximate surface area is 202 Å². The number of aliphatic hydroxyl groups excluding tert-OH is 1. The number of allylic oxidation sites excluding steroid dienone is 2. The molecule has 3 aromatic rings. The van der Waals surface area contributed by atoms with Crippen molar-refractivity contribution in [1.29, 1.82) is 5.41 Å². The molecule has 2 aromatic carbocycles. The van der Waals surface area contributed by atoms with E-state index < -0.39 is 11.9 Å². The van der Waals surface area contributed by atoms with Gasteiger partial charge in [-0.1, -0.05) is 54.2 Å². The Morgan fingerprint density at radius 3 is 2.59 bits per heavy atom. The van der Waals surface area contributed by atoms with Gasteiger partial charge in [0.05, 0.1) is 22.5 Å². The zero-order valence-electron chi connectivity index (χ0n) is 19.1. The van der Waals surface area contributed by atoms with Gasteiger partial charge in [0.1, 0.15) is 17.5 Å². The molecule has 2 amide bonds. The Morgan fingerprint density at radius 1 is 1.18 bits per heavy atom. The number of benzene rings is 2. The molecule has 3 N–H and O–H groups in total. The number of nitrogens with one attached hydrogen (secondary N) is 2. The van der Waals surface area contributed by atoms with Crippen molar-refractivity contribution >= 4 is 40.3 Å². The molecule has 0 unspecified atom stereocenters. The fourth-order valence-electron chi connectivity index (χ4n) is 4.09. The number of imidazole rings is 1. The molecule has 1 fully saturated rings. The molecule has 8 nitrogen and oxygen atoms in total. The van der Waals surface area contributed by atoms with Gasteiger partial charge in [0, 0.05) is 19.2 Å². The standard InChI is InChI=1S/C25H27N5O3S/c1-16(31)23(22(26)17-9-4-3-5-10-17)28-24(33)20-13-8-14-30(20)21(32)15-34-25-27-18-11-6-7-12-19(18)29(25)2/h3-7,9-12,20,26,31H,8,13-15H2,1-2H3,(H,28,33)/b23-16+,26-22?/t20-/m0/s1. The molecule has 34 heavy (non-hydrogen) atoms. The van der Waals surface area contributed by atoms with E-state index in [2.05, 4.69) is 10.3 Å². The minimum absolute atomic E-state index is 0.0160. The lowest BCUT2D eigenvalue weighted by Crippen LogP contribution is -2.47. The lowest BCUT2D eigenvalue weighted by atomic mass is 10.1. The summed E-state index contributed by atoms with van der Waals surface area (Å²) in [6.07, 6.45) is 1.25. The average molecular weight is 478 g/mol. The van der Waals surface area contributed by atoms with Crippen molar-refractivity contribution in [2.45, 2.75) is 31.0 Å². The smallest absolute Gasteiger partial charge is 0.247 e. The topological polar surface area (TPSA) is 111 Å². The zero-order chi connectivity index (χ0) is 24.2. The number of hydrogen-bond donors (Lipinski definition) is 3. The number of carbonyl (C=O) groups excluding carboxylic acids is 2. The van der Waals surface area contributed by atoms with Gasteiger partial charge in [0.2, 0.25) is 11.8 Å². The third-order valence-corrected chi connectivity index (χ3v) is 6.88. The second-order valence-corrected chi connectivity index (χ2v) is 9.11. The summed E-state index contributed by atoms with van der Waals surface area (Å²) in [5, 5.41) is 22.0. The van der Waals surface area contributed by atoms with Crippen molar-refractivity contribution in [2.75, 3.05) is 12.3 Å². The highest BCUT2D eigenvalue weighted by Crippen LogP contribution is 2.25. The molecule has 1 aromatic heterocycles. The van der Waals surface area contributed by atoms with Crippen LogP contribution in [0.2, 0.25) is 0 Å². The van der Waals surface area contributed by atoms with Gasteiger partial charge in [0.25, 0.3) is 0 Å². The summed E-state index contributed by atoms with van der Waals surface area (Å²) in [5.74, 6) is -0.528. The molecular weight excluding hydrogens is 450 g/mol. The van der Waals surface area contributed by atoms with Gasteiger partial charge < -0.3 is 19.9 Å². The normalized spacial score (nSPS) is 16.4. The number of aromatic nitrogens is 2. The minimum Gasteiger partial charge on any atom is -0.510 e. The van der Waals surface area contributed by atoms with Crippen molar-refractivity contribution < 1.29 is 14.7 Å². The number of aryl methyl sites for hydroxylation is 1.